The Morgan fingerprint density at radius 3 is 2.33 bits per heavy atom. The van der Waals surface area contributed by atoms with Gasteiger partial charge in [-0.25, -0.2) is 18.3 Å². The number of hydrogen-bond donors (Lipinski definition) is 0. The Kier molecular flexibility index (Phi) is 3.99. The average Bonchev–Trinajstić information content (AvgIpc) is 3.41. The summed E-state index contributed by atoms with van der Waals surface area (Å²) in [5, 5.41) is 4.64. The lowest BCUT2D eigenvalue weighted by Gasteiger charge is -2.12. The normalized spacial score (nSPS) is 14.8. The maximum atomic E-state index is 13.7. The van der Waals surface area contributed by atoms with E-state index in [9.17, 15) is 23.2 Å². The zero-order valence-corrected chi connectivity index (χ0v) is 15.4. The molecule has 0 spiro atoms. The number of amides is 2. The second-order valence-corrected chi connectivity index (χ2v) is 6.97. The number of rotatable bonds is 3. The minimum Gasteiger partial charge on any atom is -0.322 e. The molecule has 1 aromatic heterocycles. The van der Waals surface area contributed by atoms with Gasteiger partial charge in [0.2, 0.25) is 0 Å². The fraction of sp³-hybridized carbons (Fsp3) is 0.143. The number of nitrogens with zero attached hydrogens (tertiary/aromatic N) is 3. The number of hydroxylamine groups is 2. The molecule has 2 heterocycles. The Morgan fingerprint density at radius 2 is 1.67 bits per heavy atom. The summed E-state index contributed by atoms with van der Waals surface area (Å²) in [7, 11) is 0. The third kappa shape index (κ3) is 2.62. The Hall–Kier alpha value is -3.88. The van der Waals surface area contributed by atoms with Crippen LogP contribution in [0.25, 0.3) is 5.69 Å². The van der Waals surface area contributed by atoms with Crippen LogP contribution in [0.3, 0.4) is 0 Å². The monoisotopic (exact) mass is 409 g/mol. The number of fused-ring (bicyclic) bond motifs is 2. The van der Waals surface area contributed by atoms with Crippen molar-refractivity contribution in [1.82, 2.24) is 14.8 Å². The molecule has 3 aromatic rings. The molecule has 1 aliphatic carbocycles. The van der Waals surface area contributed by atoms with E-state index >= 15 is 0 Å². The number of hydrogen-bond acceptors (Lipinski definition) is 5. The Morgan fingerprint density at radius 1 is 0.967 bits per heavy atom. The van der Waals surface area contributed by atoms with Crippen LogP contribution in [0.4, 0.5) is 8.78 Å². The highest BCUT2D eigenvalue weighted by atomic mass is 19.2. The van der Waals surface area contributed by atoms with Crippen LogP contribution < -0.4 is 0 Å². The van der Waals surface area contributed by atoms with Gasteiger partial charge < -0.3 is 4.84 Å². The van der Waals surface area contributed by atoms with Crippen molar-refractivity contribution in [3.05, 3.63) is 82.2 Å². The van der Waals surface area contributed by atoms with E-state index in [0.29, 0.717) is 29.2 Å². The molecule has 2 aliphatic rings. The first-order chi connectivity index (χ1) is 14.5. The standard InChI is InChI=1S/C21H13F2N3O4/c22-15-9-8-11(10-16(15)23)25-17-7-3-6-14(17)18(24-25)21(29)30-26-19(27)12-4-1-2-5-13(12)20(26)28/h1-2,4-5,8-10H,3,6-7H2. The minimum atomic E-state index is -1.04. The van der Waals surface area contributed by atoms with Crippen molar-refractivity contribution < 1.29 is 28.0 Å². The lowest BCUT2D eigenvalue weighted by atomic mass is 10.1. The molecule has 0 saturated carbocycles. The van der Waals surface area contributed by atoms with Gasteiger partial charge in [0.1, 0.15) is 0 Å². The van der Waals surface area contributed by atoms with Gasteiger partial charge in [-0.1, -0.05) is 17.2 Å². The number of carbonyl (C=O) groups excluding carboxylic acids is 3. The van der Waals surface area contributed by atoms with Crippen LogP contribution in [0.2, 0.25) is 0 Å². The SMILES string of the molecule is O=C(ON1C(=O)c2ccccc2C1=O)c1nn(-c2ccc(F)c(F)c2)c2c1CCC2. The van der Waals surface area contributed by atoms with Crippen LogP contribution in [0, 0.1) is 11.6 Å². The van der Waals surface area contributed by atoms with E-state index in [2.05, 4.69) is 5.10 Å². The molecule has 0 bridgehead atoms. The smallest absolute Gasteiger partial charge is 0.322 e. The molecule has 2 aromatic carbocycles. The molecule has 0 saturated heterocycles. The highest BCUT2D eigenvalue weighted by Crippen LogP contribution is 2.30. The van der Waals surface area contributed by atoms with Gasteiger partial charge in [-0.05, 0) is 43.5 Å². The van der Waals surface area contributed by atoms with Crippen molar-refractivity contribution >= 4 is 17.8 Å². The fourth-order valence-corrected chi connectivity index (χ4v) is 3.81. The molecule has 0 fully saturated rings. The first-order valence-electron chi connectivity index (χ1n) is 9.22. The van der Waals surface area contributed by atoms with Crippen LogP contribution in [0.5, 0.6) is 0 Å². The summed E-state index contributed by atoms with van der Waals surface area (Å²) in [6.45, 7) is 0. The number of benzene rings is 2. The molecule has 0 radical (unpaired) electrons. The van der Waals surface area contributed by atoms with Crippen molar-refractivity contribution in [2.75, 3.05) is 0 Å². The number of aromatic nitrogens is 2. The van der Waals surface area contributed by atoms with Crippen molar-refractivity contribution in [2.24, 2.45) is 0 Å². The molecule has 9 heteroatoms. The summed E-state index contributed by atoms with van der Waals surface area (Å²) in [4.78, 5) is 42.8. The lowest BCUT2D eigenvalue weighted by molar-refractivity contribution is -0.0589. The maximum Gasteiger partial charge on any atom is 0.384 e. The second kappa shape index (κ2) is 6.58. The molecule has 150 valence electrons. The summed E-state index contributed by atoms with van der Waals surface area (Å²) in [6.07, 6.45) is 1.86. The summed E-state index contributed by atoms with van der Waals surface area (Å²) >= 11 is 0. The summed E-state index contributed by atoms with van der Waals surface area (Å²) in [6, 6.07) is 9.46. The van der Waals surface area contributed by atoms with Crippen LogP contribution in [0.1, 0.15) is 48.9 Å². The predicted octanol–water partition coefficient (Wildman–Crippen LogP) is 3.01. The van der Waals surface area contributed by atoms with Gasteiger partial charge in [0.25, 0.3) is 11.8 Å². The Labute approximate surface area is 168 Å². The first kappa shape index (κ1) is 18.2. The van der Waals surface area contributed by atoms with Crippen molar-refractivity contribution in [2.45, 2.75) is 19.3 Å². The average molecular weight is 409 g/mol. The largest absolute Gasteiger partial charge is 0.384 e. The minimum absolute atomic E-state index is 0.0659. The van der Waals surface area contributed by atoms with Gasteiger partial charge in [0, 0.05) is 17.3 Å². The molecule has 1 aliphatic heterocycles. The number of halogens is 2. The molecule has 7 nitrogen and oxygen atoms in total. The molecule has 5 rings (SSSR count). The molecule has 30 heavy (non-hydrogen) atoms. The second-order valence-electron chi connectivity index (χ2n) is 6.97. The van der Waals surface area contributed by atoms with Gasteiger partial charge in [0.05, 0.1) is 16.8 Å². The van der Waals surface area contributed by atoms with Crippen LogP contribution in [-0.2, 0) is 17.7 Å². The van der Waals surface area contributed by atoms with Crippen molar-refractivity contribution in [3.63, 3.8) is 0 Å². The zero-order chi connectivity index (χ0) is 21.0. The first-order valence-corrected chi connectivity index (χ1v) is 9.22. The van der Waals surface area contributed by atoms with E-state index in [0.717, 1.165) is 18.6 Å². The van der Waals surface area contributed by atoms with E-state index in [1.165, 1.54) is 22.9 Å². The van der Waals surface area contributed by atoms with E-state index in [1.807, 2.05) is 0 Å². The quantitative estimate of drug-likeness (QED) is 0.622. The van der Waals surface area contributed by atoms with Crippen molar-refractivity contribution in [3.8, 4) is 5.69 Å². The molecule has 0 atom stereocenters. The number of carbonyl (C=O) groups is 3. The number of imide groups is 1. The summed E-state index contributed by atoms with van der Waals surface area (Å²) in [5.74, 6) is -4.47. The third-order valence-corrected chi connectivity index (χ3v) is 5.20. The molecular weight excluding hydrogens is 396 g/mol. The van der Waals surface area contributed by atoms with Crippen LogP contribution >= 0.6 is 0 Å². The maximum absolute atomic E-state index is 13.7. The third-order valence-electron chi connectivity index (χ3n) is 5.20. The Balaban J connectivity index is 1.48. The summed E-state index contributed by atoms with van der Waals surface area (Å²) in [5.41, 5.74) is 1.76. The van der Waals surface area contributed by atoms with E-state index in [-0.39, 0.29) is 22.5 Å². The highest BCUT2D eigenvalue weighted by molar-refractivity contribution is 6.21. The van der Waals surface area contributed by atoms with Gasteiger partial charge in [-0.3, -0.25) is 9.59 Å². The highest BCUT2D eigenvalue weighted by Gasteiger charge is 2.40. The van der Waals surface area contributed by atoms with Gasteiger partial charge in [0.15, 0.2) is 17.3 Å². The van der Waals surface area contributed by atoms with Crippen LogP contribution in [0.15, 0.2) is 42.5 Å². The topological polar surface area (TPSA) is 81.5 Å². The van der Waals surface area contributed by atoms with Crippen LogP contribution in [-0.4, -0.2) is 32.6 Å². The van der Waals surface area contributed by atoms with E-state index in [1.54, 1.807) is 12.1 Å². The van der Waals surface area contributed by atoms with Gasteiger partial charge in [-0.2, -0.15) is 5.10 Å². The predicted molar refractivity (Wildman–Crippen MR) is 97.9 cm³/mol. The fourth-order valence-electron chi connectivity index (χ4n) is 3.81. The molecule has 0 N–H and O–H groups in total. The Bertz CT molecular complexity index is 1220. The lowest BCUT2D eigenvalue weighted by Crippen LogP contribution is -2.33. The van der Waals surface area contributed by atoms with E-state index < -0.39 is 29.4 Å². The van der Waals surface area contributed by atoms with Gasteiger partial charge >= 0.3 is 5.97 Å². The zero-order valence-electron chi connectivity index (χ0n) is 15.4. The van der Waals surface area contributed by atoms with Crippen molar-refractivity contribution in [1.29, 1.82) is 0 Å². The molecule has 0 unspecified atom stereocenters. The molecule has 2 amide bonds. The van der Waals surface area contributed by atoms with Gasteiger partial charge in [-0.15, -0.1) is 0 Å². The summed E-state index contributed by atoms with van der Waals surface area (Å²) < 4.78 is 28.3. The molecular formula is C21H13F2N3O4. The van der Waals surface area contributed by atoms with E-state index in [4.69, 9.17) is 4.84 Å².